The molecule has 0 saturated carbocycles. The Morgan fingerprint density at radius 1 is 1.57 bits per heavy atom. The summed E-state index contributed by atoms with van der Waals surface area (Å²) in [7, 11) is 0. The number of rotatable bonds is 2. The average Bonchev–Trinajstić information content (AvgIpc) is 2.01. The molecule has 0 fully saturated rings. The van der Waals surface area contributed by atoms with Crippen molar-refractivity contribution in [3.63, 3.8) is 0 Å². The highest BCUT2D eigenvalue weighted by molar-refractivity contribution is 9.10. The van der Waals surface area contributed by atoms with Gasteiger partial charge >= 0.3 is 0 Å². The molecule has 0 amide bonds. The highest BCUT2D eigenvalue weighted by atomic mass is 79.9. The molecule has 0 spiro atoms. The van der Waals surface area contributed by atoms with Crippen LogP contribution in [-0.2, 0) is 0 Å². The molecule has 0 aliphatic carbocycles. The molecule has 0 saturated heterocycles. The van der Waals surface area contributed by atoms with Crippen molar-refractivity contribution in [1.82, 2.24) is 4.98 Å². The zero-order valence-corrected chi connectivity index (χ0v) is 8.74. The van der Waals surface area contributed by atoms with E-state index in [0.717, 1.165) is 6.07 Å². The second-order valence-corrected chi connectivity index (χ2v) is 3.42. The topological polar surface area (TPSA) is 30.0 Å². The third-order valence-electron chi connectivity index (χ3n) is 1.38. The lowest BCUT2D eigenvalue weighted by molar-refractivity contribution is 0.105. The Bertz CT molecular complexity index is 385. The van der Waals surface area contributed by atoms with Gasteiger partial charge in [0.15, 0.2) is 0 Å². The summed E-state index contributed by atoms with van der Waals surface area (Å²) in [6.45, 7) is 0. The van der Waals surface area contributed by atoms with Crippen molar-refractivity contribution in [2.45, 2.75) is 6.43 Å². The van der Waals surface area contributed by atoms with Crippen LogP contribution in [0, 0.1) is 5.82 Å². The molecule has 0 aliphatic heterocycles. The number of nitrogens with zero attached hydrogens (tertiary/aromatic N) is 1. The molecule has 14 heavy (non-hydrogen) atoms. The quantitative estimate of drug-likeness (QED) is 0.617. The van der Waals surface area contributed by atoms with Crippen molar-refractivity contribution in [1.29, 1.82) is 0 Å². The van der Waals surface area contributed by atoms with E-state index in [0.29, 0.717) is 0 Å². The first-order valence-corrected chi connectivity index (χ1v) is 4.44. The molecule has 0 aliphatic rings. The minimum atomic E-state index is -3.13. The number of hydrogen-bond acceptors (Lipinski definition) is 2. The summed E-state index contributed by atoms with van der Waals surface area (Å²) >= 11 is 7.73. The number of halogens is 5. The third-order valence-corrected chi connectivity index (χ3v) is 1.97. The zero-order chi connectivity index (χ0) is 10.9. The van der Waals surface area contributed by atoms with Crippen LogP contribution in [0.2, 0.25) is 0 Å². The number of pyridine rings is 1. The maximum Gasteiger partial charge on any atom is 0.271 e. The maximum absolute atomic E-state index is 13.0. The smallest absolute Gasteiger partial charge is 0.271 e. The van der Waals surface area contributed by atoms with E-state index in [1.54, 1.807) is 0 Å². The van der Waals surface area contributed by atoms with Gasteiger partial charge in [-0.2, -0.15) is 0 Å². The molecule has 0 unspecified atom stereocenters. The molecule has 0 atom stereocenters. The Labute approximate surface area is 90.2 Å². The fraction of sp³-hybridized carbons (Fsp3) is 0.143. The van der Waals surface area contributed by atoms with E-state index < -0.39 is 28.7 Å². The Kier molecular flexibility index (Phi) is 3.49. The van der Waals surface area contributed by atoms with Crippen LogP contribution < -0.4 is 0 Å². The minimum Gasteiger partial charge on any atom is -0.274 e. The van der Waals surface area contributed by atoms with Gasteiger partial charge in [0.25, 0.3) is 11.7 Å². The van der Waals surface area contributed by atoms with Crippen LogP contribution >= 0.6 is 27.5 Å². The zero-order valence-electron chi connectivity index (χ0n) is 6.40. The predicted octanol–water partition coefficient (Wildman–Crippen LogP) is 3.30. The molecular weight excluding hydrogens is 286 g/mol. The van der Waals surface area contributed by atoms with Crippen molar-refractivity contribution < 1.29 is 18.0 Å². The van der Waals surface area contributed by atoms with Gasteiger partial charge in [-0.3, -0.25) is 4.79 Å². The molecule has 1 aromatic rings. The summed E-state index contributed by atoms with van der Waals surface area (Å²) in [4.78, 5) is 14.0. The van der Waals surface area contributed by atoms with E-state index in [9.17, 15) is 18.0 Å². The molecule has 7 heteroatoms. The van der Waals surface area contributed by atoms with Gasteiger partial charge in [-0.05, 0) is 27.5 Å². The van der Waals surface area contributed by atoms with Crippen LogP contribution in [0.15, 0.2) is 10.7 Å². The number of carbonyl (C=O) groups excluding carboxylic acids is 1. The van der Waals surface area contributed by atoms with E-state index in [4.69, 9.17) is 11.6 Å². The fourth-order valence-corrected chi connectivity index (χ4v) is 1.37. The Morgan fingerprint density at radius 3 is 2.57 bits per heavy atom. The largest absolute Gasteiger partial charge is 0.274 e. The second kappa shape index (κ2) is 4.27. The van der Waals surface area contributed by atoms with Crippen LogP contribution in [0.25, 0.3) is 0 Å². The van der Waals surface area contributed by atoms with Gasteiger partial charge < -0.3 is 0 Å². The lowest BCUT2D eigenvalue weighted by Crippen LogP contribution is -2.05. The summed E-state index contributed by atoms with van der Waals surface area (Å²) in [5.41, 5.74) is -1.85. The van der Waals surface area contributed by atoms with Gasteiger partial charge in [0.1, 0.15) is 16.1 Å². The first-order valence-electron chi connectivity index (χ1n) is 3.27. The highest BCUT2D eigenvalue weighted by Crippen LogP contribution is 2.27. The second-order valence-electron chi connectivity index (χ2n) is 2.26. The van der Waals surface area contributed by atoms with Gasteiger partial charge in [0.2, 0.25) is 0 Å². The summed E-state index contributed by atoms with van der Waals surface area (Å²) in [6.07, 6.45) is -3.13. The molecule has 0 bridgehead atoms. The number of hydrogen-bond donors (Lipinski definition) is 0. The molecule has 0 radical (unpaired) electrons. The van der Waals surface area contributed by atoms with Crippen LogP contribution in [0.1, 0.15) is 22.5 Å². The van der Waals surface area contributed by atoms with E-state index >= 15 is 0 Å². The molecular formula is C7H2BrClF3NO. The van der Waals surface area contributed by atoms with Gasteiger partial charge in [-0.15, -0.1) is 0 Å². The summed E-state index contributed by atoms with van der Waals surface area (Å²) < 4.78 is 37.4. The van der Waals surface area contributed by atoms with Crippen LogP contribution in [0.3, 0.4) is 0 Å². The van der Waals surface area contributed by atoms with Crippen molar-refractivity contribution >= 4 is 32.8 Å². The number of alkyl halides is 2. The van der Waals surface area contributed by atoms with Crippen molar-refractivity contribution in [2.24, 2.45) is 0 Å². The number of carbonyl (C=O) groups is 1. The van der Waals surface area contributed by atoms with Crippen LogP contribution in [0.5, 0.6) is 0 Å². The van der Waals surface area contributed by atoms with Crippen LogP contribution in [0.4, 0.5) is 13.2 Å². The first kappa shape index (κ1) is 11.5. The van der Waals surface area contributed by atoms with Crippen molar-refractivity contribution in [3.8, 4) is 0 Å². The van der Waals surface area contributed by atoms with E-state index in [2.05, 4.69) is 20.9 Å². The van der Waals surface area contributed by atoms with Crippen molar-refractivity contribution in [3.05, 3.63) is 27.7 Å². The van der Waals surface area contributed by atoms with E-state index in [-0.39, 0.29) is 4.60 Å². The van der Waals surface area contributed by atoms with E-state index in [1.165, 1.54) is 0 Å². The standard InChI is InChI=1S/C7H2BrClF3NO/c8-3-1-2(10)4(7(11)12)5(13-3)6(9)14/h1,7H. The van der Waals surface area contributed by atoms with Gasteiger partial charge in [-0.25, -0.2) is 18.2 Å². The van der Waals surface area contributed by atoms with Gasteiger partial charge in [0.05, 0.1) is 5.56 Å². The minimum absolute atomic E-state index is 0.0663. The fourth-order valence-electron chi connectivity index (χ4n) is 0.852. The maximum atomic E-state index is 13.0. The van der Waals surface area contributed by atoms with E-state index in [1.807, 2.05) is 0 Å². The lowest BCUT2D eigenvalue weighted by atomic mass is 10.2. The van der Waals surface area contributed by atoms with Crippen LogP contribution in [-0.4, -0.2) is 10.2 Å². The molecule has 2 nitrogen and oxygen atoms in total. The summed E-state index contributed by atoms with van der Waals surface area (Å²) in [5, 5.41) is -1.22. The third kappa shape index (κ3) is 2.24. The SMILES string of the molecule is O=C(Cl)c1nc(Br)cc(F)c1C(F)F. The van der Waals surface area contributed by atoms with Gasteiger partial charge in [-0.1, -0.05) is 0 Å². The Morgan fingerprint density at radius 2 is 2.14 bits per heavy atom. The summed E-state index contributed by atoms with van der Waals surface area (Å²) in [6, 6.07) is 0.741. The molecule has 76 valence electrons. The predicted molar refractivity (Wildman–Crippen MR) is 47.0 cm³/mol. The Hall–Kier alpha value is -0.620. The van der Waals surface area contributed by atoms with Gasteiger partial charge in [0, 0.05) is 6.07 Å². The summed E-state index contributed by atoms with van der Waals surface area (Å²) in [5.74, 6) is -1.22. The molecule has 1 rings (SSSR count). The lowest BCUT2D eigenvalue weighted by Gasteiger charge is -2.05. The normalized spacial score (nSPS) is 10.7. The number of aromatic nitrogens is 1. The highest BCUT2D eigenvalue weighted by Gasteiger charge is 2.24. The molecule has 1 aromatic heterocycles. The Balaban J connectivity index is 3.44. The molecule has 0 N–H and O–H groups in total. The average molecular weight is 288 g/mol. The first-order chi connectivity index (χ1) is 6.43. The molecule has 1 heterocycles. The monoisotopic (exact) mass is 287 g/mol. The van der Waals surface area contributed by atoms with Crippen molar-refractivity contribution in [2.75, 3.05) is 0 Å². The molecule has 0 aromatic carbocycles.